The zero-order valence-corrected chi connectivity index (χ0v) is 15.6. The van der Waals surface area contributed by atoms with E-state index in [1.54, 1.807) is 0 Å². The predicted octanol–water partition coefficient (Wildman–Crippen LogP) is 4.80. The topological polar surface area (TPSA) is 29.1 Å². The maximum Gasteiger partial charge on any atom is 0.224 e. The molecule has 126 valence electrons. The lowest BCUT2D eigenvalue weighted by molar-refractivity contribution is -0.124. The number of rotatable bonds is 4. The lowest BCUT2D eigenvalue weighted by Crippen LogP contribution is -2.46. The number of allylic oxidation sites excluding steroid dienone is 2. The zero-order chi connectivity index (χ0) is 16.7. The van der Waals surface area contributed by atoms with Gasteiger partial charge in [0, 0.05) is 6.04 Å². The first-order valence-electron chi connectivity index (χ1n) is 9.10. The summed E-state index contributed by atoms with van der Waals surface area (Å²) in [6, 6.07) is 0.375. The summed E-state index contributed by atoms with van der Waals surface area (Å²) in [6.45, 7) is 15.6. The van der Waals surface area contributed by atoms with Gasteiger partial charge in [0.25, 0.3) is 0 Å². The SMILES string of the molecule is CC(C)=C[C@@H]1[C@H](C(=O)N[C@@H]2C[C@@H](C)CC[C@@H]2C(C)C)C1(C)C. The summed E-state index contributed by atoms with van der Waals surface area (Å²) in [6.07, 6.45) is 6.00. The molecule has 2 aliphatic rings. The van der Waals surface area contributed by atoms with Gasteiger partial charge in [-0.15, -0.1) is 0 Å². The highest BCUT2D eigenvalue weighted by Gasteiger charge is 2.60. The van der Waals surface area contributed by atoms with E-state index in [-0.39, 0.29) is 17.2 Å². The fraction of sp³-hybridized carbons (Fsp3) is 0.850. The molecule has 0 heterocycles. The third kappa shape index (κ3) is 3.58. The van der Waals surface area contributed by atoms with Gasteiger partial charge in [0.15, 0.2) is 0 Å². The number of amides is 1. The maximum absolute atomic E-state index is 12.8. The first-order chi connectivity index (χ1) is 10.1. The van der Waals surface area contributed by atoms with Crippen molar-refractivity contribution in [3.8, 4) is 0 Å². The second kappa shape index (κ2) is 6.37. The van der Waals surface area contributed by atoms with Crippen molar-refractivity contribution in [3.63, 3.8) is 0 Å². The quantitative estimate of drug-likeness (QED) is 0.743. The highest BCUT2D eigenvalue weighted by Crippen LogP contribution is 2.59. The van der Waals surface area contributed by atoms with Crippen molar-refractivity contribution in [2.45, 2.75) is 73.8 Å². The molecule has 0 aromatic heterocycles. The molecule has 0 spiro atoms. The van der Waals surface area contributed by atoms with Gasteiger partial charge in [-0.2, -0.15) is 0 Å². The summed E-state index contributed by atoms with van der Waals surface area (Å²) in [4.78, 5) is 12.8. The van der Waals surface area contributed by atoms with Crippen LogP contribution in [0.1, 0.15) is 67.7 Å². The zero-order valence-electron chi connectivity index (χ0n) is 15.6. The van der Waals surface area contributed by atoms with Crippen LogP contribution < -0.4 is 5.32 Å². The van der Waals surface area contributed by atoms with E-state index < -0.39 is 0 Å². The van der Waals surface area contributed by atoms with Crippen molar-refractivity contribution < 1.29 is 4.79 Å². The highest BCUT2D eigenvalue weighted by atomic mass is 16.2. The lowest BCUT2D eigenvalue weighted by atomic mass is 9.74. The van der Waals surface area contributed by atoms with E-state index >= 15 is 0 Å². The van der Waals surface area contributed by atoms with E-state index in [2.05, 4.69) is 59.9 Å². The van der Waals surface area contributed by atoms with Crippen molar-refractivity contribution in [2.24, 2.45) is 35.0 Å². The summed E-state index contributed by atoms with van der Waals surface area (Å²) < 4.78 is 0. The van der Waals surface area contributed by atoms with E-state index in [4.69, 9.17) is 0 Å². The number of hydrogen-bond donors (Lipinski definition) is 1. The molecule has 0 unspecified atom stereocenters. The minimum atomic E-state index is 0.120. The van der Waals surface area contributed by atoms with E-state index in [0.29, 0.717) is 23.8 Å². The fourth-order valence-electron chi connectivity index (χ4n) is 4.49. The highest BCUT2D eigenvalue weighted by molar-refractivity contribution is 5.84. The normalized spacial score (nSPS) is 36.8. The largest absolute Gasteiger partial charge is 0.353 e. The number of carbonyl (C=O) groups is 1. The van der Waals surface area contributed by atoms with Crippen LogP contribution in [-0.4, -0.2) is 11.9 Å². The van der Waals surface area contributed by atoms with Gasteiger partial charge in [-0.25, -0.2) is 0 Å². The fourth-order valence-corrected chi connectivity index (χ4v) is 4.49. The van der Waals surface area contributed by atoms with Gasteiger partial charge in [0.05, 0.1) is 5.92 Å². The Morgan fingerprint density at radius 1 is 1.23 bits per heavy atom. The summed E-state index contributed by atoms with van der Waals surface area (Å²) in [5.41, 5.74) is 1.44. The molecule has 2 saturated carbocycles. The number of nitrogens with one attached hydrogen (secondary N) is 1. The van der Waals surface area contributed by atoms with Crippen molar-refractivity contribution in [1.29, 1.82) is 0 Å². The Morgan fingerprint density at radius 2 is 1.86 bits per heavy atom. The van der Waals surface area contributed by atoms with Crippen molar-refractivity contribution >= 4 is 5.91 Å². The minimum absolute atomic E-state index is 0.120. The average Bonchev–Trinajstić information content (AvgIpc) is 2.89. The van der Waals surface area contributed by atoms with Crippen molar-refractivity contribution in [1.82, 2.24) is 5.32 Å². The molecule has 2 aliphatic carbocycles. The molecule has 2 heteroatoms. The Hall–Kier alpha value is -0.790. The van der Waals surface area contributed by atoms with E-state index in [9.17, 15) is 4.79 Å². The van der Waals surface area contributed by atoms with Gasteiger partial charge in [0.1, 0.15) is 0 Å². The lowest BCUT2D eigenvalue weighted by Gasteiger charge is -2.38. The second-order valence-corrected chi connectivity index (χ2v) is 9.01. The van der Waals surface area contributed by atoms with Crippen LogP contribution in [0.3, 0.4) is 0 Å². The summed E-state index contributed by atoms with van der Waals surface area (Å²) in [5.74, 6) is 2.89. The molecule has 1 amide bonds. The number of carbonyl (C=O) groups excluding carboxylic acids is 1. The Morgan fingerprint density at radius 3 is 2.41 bits per heavy atom. The van der Waals surface area contributed by atoms with Crippen LogP contribution in [0.4, 0.5) is 0 Å². The molecule has 0 aliphatic heterocycles. The number of hydrogen-bond acceptors (Lipinski definition) is 1. The van der Waals surface area contributed by atoms with Crippen LogP contribution in [-0.2, 0) is 4.79 Å². The molecule has 2 rings (SSSR count). The maximum atomic E-state index is 12.8. The Balaban J connectivity index is 2.03. The van der Waals surface area contributed by atoms with Gasteiger partial charge in [0.2, 0.25) is 5.91 Å². The first kappa shape index (κ1) is 17.6. The summed E-state index contributed by atoms with van der Waals surface area (Å²) in [7, 11) is 0. The molecule has 2 fully saturated rings. The van der Waals surface area contributed by atoms with Gasteiger partial charge >= 0.3 is 0 Å². The first-order valence-corrected chi connectivity index (χ1v) is 9.10. The van der Waals surface area contributed by atoms with Crippen LogP contribution >= 0.6 is 0 Å². The van der Waals surface area contributed by atoms with Gasteiger partial charge in [-0.05, 0) is 55.8 Å². The van der Waals surface area contributed by atoms with Gasteiger partial charge in [-0.3, -0.25) is 4.79 Å². The summed E-state index contributed by atoms with van der Waals surface area (Å²) in [5, 5.41) is 3.43. The molecule has 2 nitrogen and oxygen atoms in total. The molecule has 0 radical (unpaired) electrons. The smallest absolute Gasteiger partial charge is 0.224 e. The third-order valence-corrected chi connectivity index (χ3v) is 6.06. The van der Waals surface area contributed by atoms with Crippen molar-refractivity contribution in [2.75, 3.05) is 0 Å². The van der Waals surface area contributed by atoms with Gasteiger partial charge < -0.3 is 5.32 Å². The molecular formula is C20H35NO. The second-order valence-electron chi connectivity index (χ2n) is 9.01. The molecule has 0 aromatic rings. The minimum Gasteiger partial charge on any atom is -0.353 e. The van der Waals surface area contributed by atoms with Crippen LogP contribution in [0.5, 0.6) is 0 Å². The average molecular weight is 306 g/mol. The Kier molecular flexibility index (Phi) is 5.09. The predicted molar refractivity (Wildman–Crippen MR) is 93.5 cm³/mol. The standard InChI is InChI=1S/C20H35NO/c1-12(2)10-16-18(20(16,6)7)19(22)21-17-11-14(5)8-9-15(17)13(3)4/h10,13-18H,8-9,11H2,1-7H3,(H,21,22)/t14-,15+,16+,17+,18+/m0/s1. The monoisotopic (exact) mass is 305 g/mol. The molecular weight excluding hydrogens is 270 g/mol. The van der Waals surface area contributed by atoms with Crippen molar-refractivity contribution in [3.05, 3.63) is 11.6 Å². The molecule has 1 N–H and O–H groups in total. The van der Waals surface area contributed by atoms with E-state index in [1.807, 2.05) is 0 Å². The Labute approximate surface area is 137 Å². The molecule has 0 aromatic carbocycles. The van der Waals surface area contributed by atoms with Gasteiger partial charge in [-0.1, -0.05) is 52.7 Å². The van der Waals surface area contributed by atoms with E-state index in [0.717, 1.165) is 12.3 Å². The Bertz CT molecular complexity index is 445. The van der Waals surface area contributed by atoms with Crippen LogP contribution in [0.2, 0.25) is 0 Å². The van der Waals surface area contributed by atoms with Crippen LogP contribution in [0.25, 0.3) is 0 Å². The molecule has 0 bridgehead atoms. The third-order valence-electron chi connectivity index (χ3n) is 6.06. The van der Waals surface area contributed by atoms with Crippen LogP contribution in [0, 0.1) is 35.0 Å². The molecule has 0 saturated heterocycles. The summed E-state index contributed by atoms with van der Waals surface area (Å²) >= 11 is 0. The molecule has 22 heavy (non-hydrogen) atoms. The molecule has 5 atom stereocenters. The van der Waals surface area contributed by atoms with Crippen LogP contribution in [0.15, 0.2) is 11.6 Å². The van der Waals surface area contributed by atoms with E-state index in [1.165, 1.54) is 18.4 Å².